The summed E-state index contributed by atoms with van der Waals surface area (Å²) in [5.74, 6) is -2.95. The highest BCUT2D eigenvalue weighted by Crippen LogP contribution is 2.32. The highest BCUT2D eigenvalue weighted by atomic mass is 32.2. The van der Waals surface area contributed by atoms with E-state index in [9.17, 15) is 42.9 Å². The minimum absolute atomic E-state index is 0.0403. The van der Waals surface area contributed by atoms with E-state index < -0.39 is 89.7 Å². The van der Waals surface area contributed by atoms with Crippen molar-refractivity contribution in [2.45, 2.75) is 50.0 Å². The third-order valence-corrected chi connectivity index (χ3v) is 9.69. The number of nitrogens with zero attached hydrogens (tertiary/aromatic N) is 5. The lowest BCUT2D eigenvalue weighted by atomic mass is 9.94. The second kappa shape index (κ2) is 14.6. The number of amides is 3. The lowest BCUT2D eigenvalue weighted by Gasteiger charge is -2.45. The van der Waals surface area contributed by atoms with Gasteiger partial charge in [0.1, 0.15) is 48.5 Å². The zero-order valence-corrected chi connectivity index (χ0v) is 27.8. The summed E-state index contributed by atoms with van der Waals surface area (Å²) in [5.41, 5.74) is 5.43. The van der Waals surface area contributed by atoms with Crippen LogP contribution in [0.3, 0.4) is 0 Å². The number of imidazole rings is 1. The number of aliphatic hydroxyl groups is 2. The van der Waals surface area contributed by atoms with Gasteiger partial charge in [0.05, 0.1) is 25.4 Å². The number of ether oxygens (including phenoxy) is 2. The number of thiophene rings is 1. The van der Waals surface area contributed by atoms with Crippen molar-refractivity contribution in [2.75, 3.05) is 24.7 Å². The van der Waals surface area contributed by atoms with Crippen molar-refractivity contribution in [2.24, 2.45) is 0 Å². The van der Waals surface area contributed by atoms with Gasteiger partial charge in [-0.05, 0) is 18.4 Å². The van der Waals surface area contributed by atoms with Gasteiger partial charge < -0.3 is 35.8 Å². The maximum absolute atomic E-state index is 12.9. The second-order valence-corrected chi connectivity index (χ2v) is 13.4. The van der Waals surface area contributed by atoms with Crippen LogP contribution in [0.1, 0.15) is 18.0 Å². The number of carbonyl (C=O) groups is 4. The van der Waals surface area contributed by atoms with E-state index in [1.165, 1.54) is 33.9 Å². The van der Waals surface area contributed by atoms with Crippen LogP contribution in [0.5, 0.6) is 0 Å². The molecular formula is C26H30N8O12S3. The molecule has 5 heterocycles. The van der Waals surface area contributed by atoms with Crippen LogP contribution in [0.4, 0.5) is 10.6 Å². The number of hydrogen-bond acceptors (Lipinski definition) is 17. The molecule has 0 radical (unpaired) electrons. The molecule has 2 fully saturated rings. The smallest absolute Gasteiger partial charge is 0.423 e. The minimum Gasteiger partial charge on any atom is -0.477 e. The number of carboxylic acids is 1. The number of aromatic nitrogens is 4. The first-order valence-corrected chi connectivity index (χ1v) is 17.1. The minimum atomic E-state index is -4.89. The Kier molecular flexibility index (Phi) is 10.7. The van der Waals surface area contributed by atoms with E-state index in [1.54, 1.807) is 17.5 Å². The first-order valence-electron chi connectivity index (χ1n) is 14.2. The number of nitrogen functional groups attached to an aromatic ring is 1. The van der Waals surface area contributed by atoms with Crippen LogP contribution in [-0.2, 0) is 44.8 Å². The SMILES string of the molecule is C[C@@H]1[C@H](NC(=O)Cc2cccs2)C(=O)N1/C(C(=O)O)=C(\CS)COC(=O)NS(=O)(=O)OC[C@H]1O[C@@H](n2cnc3c(N)ncnc32)[C@H](O)[C@@H]1O. The zero-order chi connectivity index (χ0) is 35.6. The number of β-lactam (4-membered cyclic amide) rings is 1. The first kappa shape index (κ1) is 35.9. The summed E-state index contributed by atoms with van der Waals surface area (Å²) < 4.78 is 42.9. The fourth-order valence-corrected chi connectivity index (χ4v) is 6.73. The molecule has 3 aromatic heterocycles. The fraction of sp³-hybridized carbons (Fsp3) is 0.423. The number of rotatable bonds is 13. The van der Waals surface area contributed by atoms with E-state index in [-0.39, 0.29) is 34.7 Å². The van der Waals surface area contributed by atoms with Crippen LogP contribution in [0, 0.1) is 0 Å². The number of aliphatic hydroxyl groups excluding tert-OH is 2. The molecule has 3 aromatic rings. The molecule has 23 heteroatoms. The summed E-state index contributed by atoms with van der Waals surface area (Å²) in [6.45, 7) is -0.127. The average Bonchev–Trinajstić information content (AvgIpc) is 3.79. The van der Waals surface area contributed by atoms with E-state index in [0.29, 0.717) is 0 Å². The summed E-state index contributed by atoms with van der Waals surface area (Å²) in [5, 5.41) is 35.3. The molecule has 0 aliphatic carbocycles. The van der Waals surface area contributed by atoms with Crippen LogP contribution < -0.4 is 15.8 Å². The van der Waals surface area contributed by atoms with E-state index in [4.69, 9.17) is 19.4 Å². The summed E-state index contributed by atoms with van der Waals surface area (Å²) in [6, 6.07) is 1.75. The Morgan fingerprint density at radius 3 is 2.61 bits per heavy atom. The van der Waals surface area contributed by atoms with Gasteiger partial charge in [-0.25, -0.2) is 24.5 Å². The van der Waals surface area contributed by atoms with Crippen LogP contribution in [-0.4, -0.2) is 121 Å². The Bertz CT molecular complexity index is 1890. The molecule has 0 spiro atoms. The monoisotopic (exact) mass is 742 g/mol. The molecule has 0 bridgehead atoms. The Morgan fingerprint density at radius 2 is 1.96 bits per heavy atom. The number of carboxylic acid groups (broad SMARTS) is 1. The van der Waals surface area contributed by atoms with E-state index >= 15 is 0 Å². The molecule has 49 heavy (non-hydrogen) atoms. The van der Waals surface area contributed by atoms with Gasteiger partial charge in [-0.15, -0.1) is 11.3 Å². The maximum atomic E-state index is 12.9. The summed E-state index contributed by atoms with van der Waals surface area (Å²) >= 11 is 5.44. The number of fused-ring (bicyclic) bond motifs is 1. The number of thiol groups is 1. The number of nitrogens with one attached hydrogen (secondary N) is 2. The topological polar surface area (TPSA) is 288 Å². The zero-order valence-electron chi connectivity index (χ0n) is 25.3. The number of carbonyl (C=O) groups excluding carboxylic acids is 3. The molecule has 0 unspecified atom stereocenters. The first-order chi connectivity index (χ1) is 23.2. The quantitative estimate of drug-likeness (QED) is 0.0584. The predicted octanol–water partition coefficient (Wildman–Crippen LogP) is -1.70. The molecule has 264 valence electrons. The van der Waals surface area contributed by atoms with E-state index in [0.717, 1.165) is 16.1 Å². The highest BCUT2D eigenvalue weighted by Gasteiger charge is 2.49. The molecule has 2 aliphatic rings. The van der Waals surface area contributed by atoms with Gasteiger partial charge >= 0.3 is 22.4 Å². The van der Waals surface area contributed by atoms with Gasteiger partial charge in [0.2, 0.25) is 5.91 Å². The highest BCUT2D eigenvalue weighted by molar-refractivity contribution is 7.85. The fourth-order valence-electron chi connectivity index (χ4n) is 5.15. The summed E-state index contributed by atoms with van der Waals surface area (Å²) in [6.07, 6.45) is -5.02. The van der Waals surface area contributed by atoms with Gasteiger partial charge in [-0.1, -0.05) is 6.07 Å². The van der Waals surface area contributed by atoms with Gasteiger partial charge in [0, 0.05) is 16.2 Å². The molecule has 5 rings (SSSR count). The number of anilines is 1. The normalized spacial score (nSPS) is 24.3. The second-order valence-electron chi connectivity index (χ2n) is 10.7. The van der Waals surface area contributed by atoms with Crippen LogP contribution in [0.15, 0.2) is 41.4 Å². The van der Waals surface area contributed by atoms with Crippen molar-refractivity contribution < 1.29 is 56.6 Å². The van der Waals surface area contributed by atoms with Gasteiger partial charge in [0.15, 0.2) is 17.7 Å². The number of likely N-dealkylation sites (tertiary alicyclic amines) is 1. The number of hydrogen-bond donors (Lipinski definition) is 7. The lowest BCUT2D eigenvalue weighted by Crippen LogP contribution is -2.69. The van der Waals surface area contributed by atoms with Crippen molar-refractivity contribution in [3.63, 3.8) is 0 Å². The van der Waals surface area contributed by atoms with E-state index in [1.807, 2.05) is 0 Å². The molecule has 0 saturated carbocycles. The third-order valence-electron chi connectivity index (χ3n) is 7.57. The third kappa shape index (κ3) is 7.61. The lowest BCUT2D eigenvalue weighted by molar-refractivity contribution is -0.153. The average molecular weight is 743 g/mol. The van der Waals surface area contributed by atoms with Gasteiger partial charge in [-0.2, -0.15) is 25.8 Å². The van der Waals surface area contributed by atoms with Crippen LogP contribution in [0.25, 0.3) is 11.2 Å². The molecule has 2 saturated heterocycles. The van der Waals surface area contributed by atoms with Crippen molar-refractivity contribution >= 4 is 75.1 Å². The molecule has 3 amide bonds. The Morgan fingerprint density at radius 1 is 1.20 bits per heavy atom. The number of aliphatic carboxylic acids is 1. The van der Waals surface area contributed by atoms with E-state index in [2.05, 4.69) is 32.9 Å². The van der Waals surface area contributed by atoms with Gasteiger partial charge in [0.25, 0.3) is 5.91 Å². The Balaban J connectivity index is 1.15. The molecular weight excluding hydrogens is 713 g/mol. The molecule has 20 nitrogen and oxygen atoms in total. The maximum Gasteiger partial charge on any atom is 0.423 e. The Hall–Kier alpha value is -4.39. The Labute approximate surface area is 286 Å². The molecule has 6 atom stereocenters. The van der Waals surface area contributed by atoms with Crippen molar-refractivity contribution in [1.82, 2.24) is 34.5 Å². The predicted molar refractivity (Wildman–Crippen MR) is 170 cm³/mol. The number of nitrogens with two attached hydrogens (primary N) is 1. The molecule has 0 aromatic carbocycles. The van der Waals surface area contributed by atoms with Crippen molar-refractivity contribution in [1.29, 1.82) is 0 Å². The standard InChI is InChI=1S/C26H30N8O12S3/c1-11-16(31-15(35)5-13-3-2-4-48-13)23(38)34(11)18(25(39)40)12(8-47)6-44-26(41)32-49(42,43)45-7-14-19(36)20(37)24(46-14)33-10-30-17-21(27)28-9-29-22(17)33/h2-4,9-11,14,16,19-20,24,36-37,47H,5-8H2,1H3,(H,31,35)(H,32,41)(H,39,40)(H2,27,28,29)/b18-12-/t11-,14-,16+,19-,20-,24-/m1/s1. The summed E-state index contributed by atoms with van der Waals surface area (Å²) in [4.78, 5) is 63.4. The molecule has 2 aliphatic heterocycles. The largest absolute Gasteiger partial charge is 0.477 e. The molecule has 7 N–H and O–H groups in total. The van der Waals surface area contributed by atoms with Crippen molar-refractivity contribution in [3.05, 3.63) is 46.3 Å². The van der Waals surface area contributed by atoms with Gasteiger partial charge in [-0.3, -0.25) is 23.2 Å². The van der Waals surface area contributed by atoms with Crippen LogP contribution in [0.2, 0.25) is 0 Å². The van der Waals surface area contributed by atoms with Crippen LogP contribution >= 0.6 is 24.0 Å². The van der Waals surface area contributed by atoms with Crippen molar-refractivity contribution in [3.8, 4) is 0 Å². The summed E-state index contributed by atoms with van der Waals surface area (Å²) in [7, 11) is -4.89.